The van der Waals surface area contributed by atoms with Crippen molar-refractivity contribution >= 4 is 0 Å². The lowest BCUT2D eigenvalue weighted by Crippen LogP contribution is -1.97. The second-order valence-corrected chi connectivity index (χ2v) is 5.30. The van der Waals surface area contributed by atoms with Crippen LogP contribution in [0.5, 0.6) is 0 Å². The topological polar surface area (TPSA) is 37.9 Å². The second kappa shape index (κ2) is 7.57. The minimum Gasteiger partial charge on any atom is -0.377 e. The maximum Gasteiger partial charge on any atom is 0.0921 e. The molecule has 0 saturated carbocycles. The van der Waals surface area contributed by atoms with Gasteiger partial charge < -0.3 is 9.72 Å². The van der Waals surface area contributed by atoms with Crippen molar-refractivity contribution in [1.82, 2.24) is 9.97 Å². The van der Waals surface area contributed by atoms with Gasteiger partial charge in [0.1, 0.15) is 0 Å². The molecule has 0 amide bonds. The number of H-pyrrole nitrogens is 1. The number of aryl methyl sites for hydroxylation is 1. The Balaban J connectivity index is 1.43. The Morgan fingerprint density at radius 2 is 1.68 bits per heavy atom. The molecule has 3 aromatic rings. The lowest BCUT2D eigenvalue weighted by molar-refractivity contribution is 0.118. The molecule has 1 aromatic heterocycles. The van der Waals surface area contributed by atoms with E-state index in [0.29, 0.717) is 6.61 Å². The van der Waals surface area contributed by atoms with Crippen molar-refractivity contribution in [3.05, 3.63) is 78.4 Å². The minimum atomic E-state index is 0.665. The Kier molecular flexibility index (Phi) is 5.00. The number of hydrogen-bond acceptors (Lipinski definition) is 2. The van der Waals surface area contributed by atoms with Gasteiger partial charge in [0.15, 0.2) is 0 Å². The number of rotatable bonds is 7. The minimum absolute atomic E-state index is 0.665. The number of hydrogen-bond donors (Lipinski definition) is 1. The number of benzene rings is 2. The predicted octanol–water partition coefficient (Wildman–Crippen LogP) is 4.23. The van der Waals surface area contributed by atoms with E-state index in [1.54, 1.807) is 6.33 Å². The van der Waals surface area contributed by atoms with Crippen molar-refractivity contribution < 1.29 is 4.74 Å². The van der Waals surface area contributed by atoms with E-state index >= 15 is 0 Å². The molecule has 0 atom stereocenters. The quantitative estimate of drug-likeness (QED) is 0.662. The molecule has 0 fully saturated rings. The molecule has 2 aromatic carbocycles. The summed E-state index contributed by atoms with van der Waals surface area (Å²) in [4.78, 5) is 7.11. The number of nitrogens with one attached hydrogen (secondary N) is 1. The summed E-state index contributed by atoms with van der Waals surface area (Å²) in [6.07, 6.45) is 5.56. The summed E-state index contributed by atoms with van der Waals surface area (Å²) in [6, 6.07) is 19.0. The van der Waals surface area contributed by atoms with Crippen LogP contribution in [0.25, 0.3) is 11.1 Å². The molecule has 0 aliphatic heterocycles. The molecule has 112 valence electrons. The Morgan fingerprint density at radius 3 is 2.41 bits per heavy atom. The maximum absolute atomic E-state index is 5.73. The van der Waals surface area contributed by atoms with Crippen molar-refractivity contribution in [2.24, 2.45) is 0 Å². The molecular formula is C19H20N2O. The van der Waals surface area contributed by atoms with Gasteiger partial charge in [-0.3, -0.25) is 0 Å². The van der Waals surface area contributed by atoms with Crippen LogP contribution in [0.4, 0.5) is 0 Å². The van der Waals surface area contributed by atoms with E-state index in [2.05, 4.69) is 58.5 Å². The summed E-state index contributed by atoms with van der Waals surface area (Å²) in [5.41, 5.74) is 4.86. The van der Waals surface area contributed by atoms with Crippen LogP contribution in [0, 0.1) is 0 Å². The number of aromatic nitrogens is 2. The summed E-state index contributed by atoms with van der Waals surface area (Å²) >= 11 is 0. The maximum atomic E-state index is 5.73. The van der Waals surface area contributed by atoms with Gasteiger partial charge in [0.2, 0.25) is 0 Å². The van der Waals surface area contributed by atoms with E-state index in [0.717, 1.165) is 25.1 Å². The Morgan fingerprint density at radius 1 is 0.909 bits per heavy atom. The SMILES string of the molecule is c1ccc(-c2ccc(COCCCc3cnc[nH]3)cc2)cc1. The van der Waals surface area contributed by atoms with E-state index < -0.39 is 0 Å². The molecular weight excluding hydrogens is 272 g/mol. The van der Waals surface area contributed by atoms with Gasteiger partial charge in [-0.25, -0.2) is 4.98 Å². The van der Waals surface area contributed by atoms with Crippen LogP contribution in [0.1, 0.15) is 17.7 Å². The third-order valence-corrected chi connectivity index (χ3v) is 3.62. The van der Waals surface area contributed by atoms with Crippen LogP contribution in [-0.4, -0.2) is 16.6 Å². The summed E-state index contributed by atoms with van der Waals surface area (Å²) < 4.78 is 5.73. The van der Waals surface area contributed by atoms with Crippen molar-refractivity contribution in [2.45, 2.75) is 19.4 Å². The number of imidazole rings is 1. The molecule has 1 heterocycles. The van der Waals surface area contributed by atoms with Gasteiger partial charge in [-0.2, -0.15) is 0 Å². The van der Waals surface area contributed by atoms with E-state index in [1.165, 1.54) is 16.7 Å². The first-order chi connectivity index (χ1) is 10.9. The highest BCUT2D eigenvalue weighted by molar-refractivity contribution is 5.63. The fraction of sp³-hybridized carbons (Fsp3) is 0.211. The monoisotopic (exact) mass is 292 g/mol. The first-order valence-electron chi connectivity index (χ1n) is 7.61. The van der Waals surface area contributed by atoms with Gasteiger partial charge in [-0.05, 0) is 29.5 Å². The first-order valence-corrected chi connectivity index (χ1v) is 7.61. The third-order valence-electron chi connectivity index (χ3n) is 3.62. The van der Waals surface area contributed by atoms with Crippen molar-refractivity contribution in [3.63, 3.8) is 0 Å². The van der Waals surface area contributed by atoms with Crippen molar-refractivity contribution in [2.75, 3.05) is 6.61 Å². The third kappa shape index (κ3) is 4.06. The lowest BCUT2D eigenvalue weighted by Gasteiger charge is -2.06. The van der Waals surface area contributed by atoms with Crippen LogP contribution >= 0.6 is 0 Å². The molecule has 3 nitrogen and oxygen atoms in total. The number of ether oxygens (including phenoxy) is 1. The van der Waals surface area contributed by atoms with Gasteiger partial charge in [-0.15, -0.1) is 0 Å². The second-order valence-electron chi connectivity index (χ2n) is 5.30. The first kappa shape index (κ1) is 14.5. The molecule has 0 bridgehead atoms. The van der Waals surface area contributed by atoms with Gasteiger partial charge in [0.25, 0.3) is 0 Å². The Labute approximate surface area is 131 Å². The largest absolute Gasteiger partial charge is 0.377 e. The molecule has 0 radical (unpaired) electrons. The van der Waals surface area contributed by atoms with E-state index in [-0.39, 0.29) is 0 Å². The molecule has 3 rings (SSSR count). The zero-order valence-corrected chi connectivity index (χ0v) is 12.5. The molecule has 0 saturated heterocycles. The van der Waals surface area contributed by atoms with Gasteiger partial charge in [0, 0.05) is 18.5 Å². The Hall–Kier alpha value is -2.39. The van der Waals surface area contributed by atoms with Crippen molar-refractivity contribution in [1.29, 1.82) is 0 Å². The van der Waals surface area contributed by atoms with Crippen LogP contribution in [-0.2, 0) is 17.8 Å². The predicted molar refractivity (Wildman–Crippen MR) is 88.4 cm³/mol. The molecule has 0 unspecified atom stereocenters. The Bertz CT molecular complexity index is 660. The molecule has 0 aliphatic carbocycles. The van der Waals surface area contributed by atoms with Gasteiger partial charge in [0.05, 0.1) is 12.9 Å². The van der Waals surface area contributed by atoms with Crippen LogP contribution in [0.2, 0.25) is 0 Å². The summed E-state index contributed by atoms with van der Waals surface area (Å²) in [5.74, 6) is 0. The molecule has 3 heteroatoms. The zero-order chi connectivity index (χ0) is 15.0. The summed E-state index contributed by atoms with van der Waals surface area (Å²) in [6.45, 7) is 1.43. The molecule has 1 N–H and O–H groups in total. The zero-order valence-electron chi connectivity index (χ0n) is 12.5. The van der Waals surface area contributed by atoms with Crippen LogP contribution in [0.15, 0.2) is 67.1 Å². The number of nitrogens with zero attached hydrogens (tertiary/aromatic N) is 1. The standard InChI is InChI=1S/C19H20N2O/c1-2-5-17(6-3-1)18-10-8-16(9-11-18)14-22-12-4-7-19-13-20-15-21-19/h1-3,5-6,8-11,13,15H,4,7,12,14H2,(H,20,21). The molecule has 22 heavy (non-hydrogen) atoms. The van der Waals surface area contributed by atoms with Gasteiger partial charge >= 0.3 is 0 Å². The molecule has 0 aliphatic rings. The average Bonchev–Trinajstić information content (AvgIpc) is 3.09. The average molecular weight is 292 g/mol. The highest BCUT2D eigenvalue weighted by atomic mass is 16.5. The number of aromatic amines is 1. The van der Waals surface area contributed by atoms with Crippen LogP contribution in [0.3, 0.4) is 0 Å². The summed E-state index contributed by atoms with van der Waals surface area (Å²) in [5, 5.41) is 0. The smallest absolute Gasteiger partial charge is 0.0921 e. The van der Waals surface area contributed by atoms with Gasteiger partial charge in [-0.1, -0.05) is 54.6 Å². The summed E-state index contributed by atoms with van der Waals surface area (Å²) in [7, 11) is 0. The van der Waals surface area contributed by atoms with Crippen molar-refractivity contribution in [3.8, 4) is 11.1 Å². The van der Waals surface area contributed by atoms with E-state index in [4.69, 9.17) is 4.74 Å². The molecule has 0 spiro atoms. The normalized spacial score (nSPS) is 10.7. The lowest BCUT2D eigenvalue weighted by atomic mass is 10.0. The fourth-order valence-electron chi connectivity index (χ4n) is 2.40. The highest BCUT2D eigenvalue weighted by Crippen LogP contribution is 2.19. The van der Waals surface area contributed by atoms with Crippen LogP contribution < -0.4 is 0 Å². The van der Waals surface area contributed by atoms with E-state index in [9.17, 15) is 0 Å². The fourth-order valence-corrected chi connectivity index (χ4v) is 2.40. The van der Waals surface area contributed by atoms with E-state index in [1.807, 2.05) is 12.3 Å². The highest BCUT2D eigenvalue weighted by Gasteiger charge is 1.99.